The Balaban J connectivity index is 1.82. The Labute approximate surface area is 185 Å². The third-order valence-corrected chi connectivity index (χ3v) is 6.59. The van der Waals surface area contributed by atoms with E-state index in [4.69, 9.17) is 9.94 Å². The molecule has 32 heavy (non-hydrogen) atoms. The number of nitrogens with zero attached hydrogens (tertiary/aromatic N) is 1. The summed E-state index contributed by atoms with van der Waals surface area (Å²) in [6.45, 7) is 3.11. The van der Waals surface area contributed by atoms with E-state index in [0.29, 0.717) is 17.1 Å². The van der Waals surface area contributed by atoms with Crippen LogP contribution in [0.1, 0.15) is 19.4 Å². The quantitative estimate of drug-likeness (QED) is 0.350. The average molecular weight is 459 g/mol. The van der Waals surface area contributed by atoms with Crippen LogP contribution in [0.25, 0.3) is 0 Å². The summed E-state index contributed by atoms with van der Waals surface area (Å²) in [7, 11) is -3.89. The van der Waals surface area contributed by atoms with Crippen molar-refractivity contribution in [1.82, 2.24) is 15.8 Å². The summed E-state index contributed by atoms with van der Waals surface area (Å²) in [5.41, 5.74) is 0.783. The first-order chi connectivity index (χ1) is 15.1. The number of hydrogen-bond acceptors (Lipinski definition) is 7. The molecule has 1 heterocycles. The topological polar surface area (TPSA) is 118 Å². The number of carbonyl (C=O) groups is 1. The lowest BCUT2D eigenvalue weighted by Crippen LogP contribution is -2.51. The highest BCUT2D eigenvalue weighted by atomic mass is 32.2. The van der Waals surface area contributed by atoms with Crippen molar-refractivity contribution in [1.29, 1.82) is 0 Å². The molecule has 3 rings (SSSR count). The molecule has 0 radical (unpaired) electrons. The van der Waals surface area contributed by atoms with Gasteiger partial charge >= 0.3 is 0 Å². The maximum Gasteiger partial charge on any atom is 0.263 e. The highest BCUT2D eigenvalue weighted by molar-refractivity contribution is 7.91. The summed E-state index contributed by atoms with van der Waals surface area (Å²) < 4.78 is 45.1. The minimum atomic E-state index is -3.89. The van der Waals surface area contributed by atoms with Crippen LogP contribution in [0.15, 0.2) is 76.8 Å². The maximum absolute atomic E-state index is 13.2. The van der Waals surface area contributed by atoms with E-state index in [1.54, 1.807) is 19.3 Å². The van der Waals surface area contributed by atoms with E-state index in [2.05, 4.69) is 10.3 Å². The van der Waals surface area contributed by atoms with Gasteiger partial charge in [-0.05, 0) is 68.4 Å². The molecule has 0 atom stereocenters. The Morgan fingerprint density at radius 3 is 2.25 bits per heavy atom. The van der Waals surface area contributed by atoms with Gasteiger partial charge in [0.2, 0.25) is 9.84 Å². The molecular formula is C22H22FN3O5S. The molecule has 0 bridgehead atoms. The number of ether oxygens (including phenoxy) is 1. The van der Waals surface area contributed by atoms with Gasteiger partial charge in [0.25, 0.3) is 5.91 Å². The van der Waals surface area contributed by atoms with Crippen LogP contribution in [-0.2, 0) is 21.2 Å². The molecule has 0 fully saturated rings. The van der Waals surface area contributed by atoms with E-state index in [1.165, 1.54) is 67.0 Å². The third-order valence-electron chi connectivity index (χ3n) is 4.72. The van der Waals surface area contributed by atoms with E-state index in [1.807, 2.05) is 0 Å². The largest absolute Gasteiger partial charge is 0.457 e. The first-order valence-corrected chi connectivity index (χ1v) is 11.0. The predicted octanol–water partition coefficient (Wildman–Crippen LogP) is 3.22. The molecule has 10 heteroatoms. The standard InChI is InChI=1S/C22H22FN3O5S/c1-22(2,21(27)26-28)25-14-15-13-24-12-11-20(15)32(29,30)19-9-7-18(8-10-19)31-17-5-3-16(23)4-6-17/h3-13,25,28H,14H2,1-2H3,(H,26,27). The number of aromatic nitrogens is 1. The molecule has 3 N–H and O–H groups in total. The first kappa shape index (κ1) is 23.3. The lowest BCUT2D eigenvalue weighted by atomic mass is 10.0. The van der Waals surface area contributed by atoms with Gasteiger partial charge in [0.05, 0.1) is 15.3 Å². The fraction of sp³-hybridized carbons (Fsp3) is 0.182. The molecule has 2 aromatic carbocycles. The van der Waals surface area contributed by atoms with Crippen LogP contribution < -0.4 is 15.5 Å². The van der Waals surface area contributed by atoms with Gasteiger partial charge in [-0.2, -0.15) is 0 Å². The molecule has 8 nitrogen and oxygen atoms in total. The van der Waals surface area contributed by atoms with Crippen molar-refractivity contribution >= 4 is 15.7 Å². The number of halogens is 1. The van der Waals surface area contributed by atoms with E-state index in [0.717, 1.165) is 0 Å². The van der Waals surface area contributed by atoms with Crippen LogP contribution >= 0.6 is 0 Å². The lowest BCUT2D eigenvalue weighted by molar-refractivity contribution is -0.135. The summed E-state index contributed by atoms with van der Waals surface area (Å²) in [5.74, 6) is -0.243. The molecule has 0 saturated heterocycles. The van der Waals surface area contributed by atoms with Crippen LogP contribution in [0.5, 0.6) is 11.5 Å². The molecule has 1 amide bonds. The van der Waals surface area contributed by atoms with E-state index < -0.39 is 21.3 Å². The molecular weight excluding hydrogens is 437 g/mol. The second kappa shape index (κ2) is 9.43. The minimum Gasteiger partial charge on any atom is -0.457 e. The van der Waals surface area contributed by atoms with E-state index in [-0.39, 0.29) is 22.2 Å². The van der Waals surface area contributed by atoms with Crippen LogP contribution in [-0.4, -0.2) is 30.1 Å². The molecule has 0 saturated carbocycles. The summed E-state index contributed by atoms with van der Waals surface area (Å²) in [6, 6.07) is 12.7. The zero-order valence-electron chi connectivity index (χ0n) is 17.4. The van der Waals surface area contributed by atoms with E-state index in [9.17, 15) is 17.6 Å². The molecule has 168 valence electrons. The maximum atomic E-state index is 13.2. The highest BCUT2D eigenvalue weighted by Crippen LogP contribution is 2.27. The van der Waals surface area contributed by atoms with Crippen molar-refractivity contribution in [2.45, 2.75) is 35.7 Å². The third kappa shape index (κ3) is 5.28. The zero-order chi connectivity index (χ0) is 23.4. The van der Waals surface area contributed by atoms with E-state index >= 15 is 0 Å². The number of sulfone groups is 1. The molecule has 0 spiro atoms. The molecule has 1 aromatic heterocycles. The van der Waals surface area contributed by atoms with Gasteiger partial charge in [0.15, 0.2) is 0 Å². The molecule has 0 aliphatic rings. The van der Waals surface area contributed by atoms with Gasteiger partial charge in [-0.15, -0.1) is 0 Å². The Morgan fingerprint density at radius 2 is 1.66 bits per heavy atom. The number of nitrogens with one attached hydrogen (secondary N) is 2. The first-order valence-electron chi connectivity index (χ1n) is 9.54. The predicted molar refractivity (Wildman–Crippen MR) is 113 cm³/mol. The van der Waals surface area contributed by atoms with Gasteiger partial charge < -0.3 is 4.74 Å². The smallest absolute Gasteiger partial charge is 0.263 e. The summed E-state index contributed by atoms with van der Waals surface area (Å²) in [5, 5.41) is 11.8. The summed E-state index contributed by atoms with van der Waals surface area (Å²) in [6.07, 6.45) is 2.77. The van der Waals surface area contributed by atoms with Crippen molar-refractivity contribution in [2.24, 2.45) is 0 Å². The van der Waals surface area contributed by atoms with Crippen LogP contribution in [0, 0.1) is 5.82 Å². The number of pyridine rings is 1. The second-order valence-electron chi connectivity index (χ2n) is 7.43. The van der Waals surface area contributed by atoms with Crippen LogP contribution in [0.2, 0.25) is 0 Å². The number of rotatable bonds is 8. The van der Waals surface area contributed by atoms with Gasteiger partial charge in [-0.3, -0.25) is 20.3 Å². The van der Waals surface area contributed by atoms with Crippen molar-refractivity contribution in [2.75, 3.05) is 0 Å². The Hall–Kier alpha value is -3.34. The Bertz CT molecular complexity index is 1200. The van der Waals surface area contributed by atoms with Crippen LogP contribution in [0.3, 0.4) is 0 Å². The minimum absolute atomic E-state index is 0.0224. The van der Waals surface area contributed by atoms with Gasteiger partial charge in [0.1, 0.15) is 17.3 Å². The number of hydroxylamine groups is 1. The number of hydrogen-bond donors (Lipinski definition) is 3. The molecule has 0 aliphatic carbocycles. The monoisotopic (exact) mass is 459 g/mol. The van der Waals surface area contributed by atoms with Crippen molar-refractivity contribution in [3.8, 4) is 11.5 Å². The Morgan fingerprint density at radius 1 is 1.06 bits per heavy atom. The lowest BCUT2D eigenvalue weighted by Gasteiger charge is -2.24. The van der Waals surface area contributed by atoms with Crippen molar-refractivity contribution in [3.05, 3.63) is 78.4 Å². The SMILES string of the molecule is CC(C)(NCc1cnccc1S(=O)(=O)c1ccc(Oc2ccc(F)cc2)cc1)C(=O)NO. The molecule has 0 aliphatic heterocycles. The molecule has 0 unspecified atom stereocenters. The highest BCUT2D eigenvalue weighted by Gasteiger charge is 2.28. The van der Waals surface area contributed by atoms with Crippen LogP contribution in [0.4, 0.5) is 4.39 Å². The Kier molecular flexibility index (Phi) is 6.87. The summed E-state index contributed by atoms with van der Waals surface area (Å²) >= 11 is 0. The summed E-state index contributed by atoms with van der Waals surface area (Å²) in [4.78, 5) is 15.8. The average Bonchev–Trinajstić information content (AvgIpc) is 2.79. The van der Waals surface area contributed by atoms with Gasteiger partial charge in [-0.1, -0.05) is 0 Å². The van der Waals surface area contributed by atoms with Crippen molar-refractivity contribution in [3.63, 3.8) is 0 Å². The normalized spacial score (nSPS) is 11.8. The van der Waals surface area contributed by atoms with Gasteiger partial charge in [-0.25, -0.2) is 18.3 Å². The molecule has 3 aromatic rings. The number of carbonyl (C=O) groups excluding carboxylic acids is 1. The van der Waals surface area contributed by atoms with Crippen molar-refractivity contribution < 1.29 is 27.5 Å². The van der Waals surface area contributed by atoms with Gasteiger partial charge in [0, 0.05) is 24.5 Å². The second-order valence-corrected chi connectivity index (χ2v) is 9.35. The fourth-order valence-electron chi connectivity index (χ4n) is 2.80. The number of benzene rings is 2. The fourth-order valence-corrected chi connectivity index (χ4v) is 4.26. The number of amides is 1. The zero-order valence-corrected chi connectivity index (χ0v) is 18.2.